The van der Waals surface area contributed by atoms with E-state index in [-0.39, 0.29) is 5.97 Å². The number of rotatable bonds is 5. The zero-order valence-electron chi connectivity index (χ0n) is 12.6. The van der Waals surface area contributed by atoms with Gasteiger partial charge in [0.05, 0.1) is 17.0 Å². The molecule has 0 amide bonds. The summed E-state index contributed by atoms with van der Waals surface area (Å²) < 4.78 is 5.88. The molecule has 0 atom stereocenters. The average Bonchev–Trinajstić information content (AvgIpc) is 2.91. The summed E-state index contributed by atoms with van der Waals surface area (Å²) in [5.74, 6) is -0.289. The Hall–Kier alpha value is -1.46. The van der Waals surface area contributed by atoms with Gasteiger partial charge in [-0.1, -0.05) is 24.6 Å². The fourth-order valence-corrected chi connectivity index (χ4v) is 3.79. The molecule has 0 aliphatic carbocycles. The van der Waals surface area contributed by atoms with E-state index in [4.69, 9.17) is 4.74 Å². The highest BCUT2D eigenvalue weighted by Crippen LogP contribution is 2.37. The van der Waals surface area contributed by atoms with Crippen molar-refractivity contribution in [1.82, 2.24) is 0 Å². The maximum absolute atomic E-state index is 11.7. The summed E-state index contributed by atoms with van der Waals surface area (Å²) in [6.07, 6.45) is 2.97. The Morgan fingerprint density at radius 2 is 2.10 bits per heavy atom. The zero-order chi connectivity index (χ0) is 15.4. The van der Waals surface area contributed by atoms with Gasteiger partial charge < -0.3 is 10.1 Å². The SMILES string of the molecule is CCc1cc(C)ccc1Nc1cc(C(=O)OC)sc1SC. The van der Waals surface area contributed by atoms with E-state index in [2.05, 4.69) is 37.4 Å². The molecule has 2 rings (SSSR count). The number of hydrogen-bond donors (Lipinski definition) is 1. The monoisotopic (exact) mass is 321 g/mol. The van der Waals surface area contributed by atoms with Gasteiger partial charge in [-0.05, 0) is 37.3 Å². The summed E-state index contributed by atoms with van der Waals surface area (Å²) in [7, 11) is 1.41. The standard InChI is InChI=1S/C16H19NO2S2/c1-5-11-8-10(2)6-7-12(11)17-13-9-14(15(18)19-3)21-16(13)20-4/h6-9,17H,5H2,1-4H3. The number of nitrogens with one attached hydrogen (secondary N) is 1. The molecule has 1 aromatic heterocycles. The van der Waals surface area contributed by atoms with Crippen LogP contribution in [0.15, 0.2) is 28.5 Å². The van der Waals surface area contributed by atoms with E-state index in [0.717, 1.165) is 22.0 Å². The van der Waals surface area contributed by atoms with E-state index in [9.17, 15) is 4.79 Å². The van der Waals surface area contributed by atoms with Crippen LogP contribution in [0.2, 0.25) is 0 Å². The molecule has 0 saturated carbocycles. The normalized spacial score (nSPS) is 10.5. The van der Waals surface area contributed by atoms with Crippen LogP contribution in [0, 0.1) is 6.92 Å². The van der Waals surface area contributed by atoms with Crippen molar-refractivity contribution in [1.29, 1.82) is 0 Å². The minimum atomic E-state index is -0.289. The van der Waals surface area contributed by atoms with Crippen LogP contribution in [0.3, 0.4) is 0 Å². The topological polar surface area (TPSA) is 38.3 Å². The fourth-order valence-electron chi connectivity index (χ4n) is 2.10. The van der Waals surface area contributed by atoms with Crippen molar-refractivity contribution in [3.05, 3.63) is 40.3 Å². The number of thiophene rings is 1. The van der Waals surface area contributed by atoms with Crippen LogP contribution >= 0.6 is 23.1 Å². The van der Waals surface area contributed by atoms with Crippen LogP contribution in [0.5, 0.6) is 0 Å². The highest BCUT2D eigenvalue weighted by molar-refractivity contribution is 8.00. The molecule has 112 valence electrons. The number of hydrogen-bond acceptors (Lipinski definition) is 5. The molecule has 0 radical (unpaired) electrons. The molecule has 0 bridgehead atoms. The van der Waals surface area contributed by atoms with Gasteiger partial charge in [-0.3, -0.25) is 0 Å². The number of benzene rings is 1. The molecule has 0 aliphatic rings. The Morgan fingerprint density at radius 3 is 2.71 bits per heavy atom. The third-order valence-electron chi connectivity index (χ3n) is 3.18. The Kier molecular flexibility index (Phi) is 5.31. The minimum absolute atomic E-state index is 0.289. The molecule has 3 nitrogen and oxygen atoms in total. The Balaban J connectivity index is 2.35. The van der Waals surface area contributed by atoms with E-state index in [1.165, 1.54) is 29.6 Å². The van der Waals surface area contributed by atoms with Gasteiger partial charge in [-0.25, -0.2) is 4.79 Å². The third-order valence-corrected chi connectivity index (χ3v) is 5.43. The largest absolute Gasteiger partial charge is 0.465 e. The van der Waals surface area contributed by atoms with Gasteiger partial charge in [0.2, 0.25) is 0 Å². The van der Waals surface area contributed by atoms with Crippen molar-refractivity contribution in [3.63, 3.8) is 0 Å². The second-order valence-electron chi connectivity index (χ2n) is 4.65. The highest BCUT2D eigenvalue weighted by Gasteiger charge is 2.15. The summed E-state index contributed by atoms with van der Waals surface area (Å²) in [6, 6.07) is 8.23. The summed E-state index contributed by atoms with van der Waals surface area (Å²) in [6.45, 7) is 4.24. The summed E-state index contributed by atoms with van der Waals surface area (Å²) >= 11 is 3.08. The molecule has 0 unspecified atom stereocenters. The number of ether oxygens (including phenoxy) is 1. The van der Waals surface area contributed by atoms with Gasteiger partial charge in [0.15, 0.2) is 0 Å². The lowest BCUT2D eigenvalue weighted by atomic mass is 10.1. The lowest BCUT2D eigenvalue weighted by Crippen LogP contribution is -1.98. The Morgan fingerprint density at radius 1 is 1.33 bits per heavy atom. The molecule has 21 heavy (non-hydrogen) atoms. The van der Waals surface area contributed by atoms with Crippen molar-refractivity contribution in [2.24, 2.45) is 0 Å². The minimum Gasteiger partial charge on any atom is -0.465 e. The molecule has 1 N–H and O–H groups in total. The molecular weight excluding hydrogens is 302 g/mol. The van der Waals surface area contributed by atoms with Crippen molar-refractivity contribution < 1.29 is 9.53 Å². The van der Waals surface area contributed by atoms with E-state index in [0.29, 0.717) is 4.88 Å². The van der Waals surface area contributed by atoms with E-state index >= 15 is 0 Å². The van der Waals surface area contributed by atoms with Crippen LogP contribution in [0.1, 0.15) is 27.7 Å². The van der Waals surface area contributed by atoms with Gasteiger partial charge in [0, 0.05) is 5.69 Å². The maximum atomic E-state index is 11.7. The molecule has 0 spiro atoms. The van der Waals surface area contributed by atoms with Gasteiger partial charge in [0.1, 0.15) is 4.88 Å². The molecule has 0 aliphatic heterocycles. The first kappa shape index (κ1) is 15.9. The number of carbonyl (C=O) groups excluding carboxylic acids is 1. The fraction of sp³-hybridized carbons (Fsp3) is 0.312. The van der Waals surface area contributed by atoms with Crippen LogP contribution in [0.25, 0.3) is 0 Å². The quantitative estimate of drug-likeness (QED) is 0.630. The first-order chi connectivity index (χ1) is 10.1. The summed E-state index contributed by atoms with van der Waals surface area (Å²) in [5, 5.41) is 3.45. The predicted octanol–water partition coefficient (Wildman–Crippen LogP) is 4.87. The molecule has 2 aromatic rings. The lowest BCUT2D eigenvalue weighted by Gasteiger charge is -2.11. The summed E-state index contributed by atoms with van der Waals surface area (Å²) in [4.78, 5) is 12.3. The van der Waals surface area contributed by atoms with Crippen molar-refractivity contribution in [3.8, 4) is 0 Å². The van der Waals surface area contributed by atoms with Crippen molar-refractivity contribution in [2.75, 3.05) is 18.7 Å². The van der Waals surface area contributed by atoms with Crippen LogP contribution in [-0.2, 0) is 11.2 Å². The number of esters is 1. The van der Waals surface area contributed by atoms with Gasteiger partial charge in [-0.2, -0.15) is 0 Å². The lowest BCUT2D eigenvalue weighted by molar-refractivity contribution is 0.0606. The zero-order valence-corrected chi connectivity index (χ0v) is 14.3. The van der Waals surface area contributed by atoms with E-state index < -0.39 is 0 Å². The predicted molar refractivity (Wildman–Crippen MR) is 91.3 cm³/mol. The molecular formula is C16H19NO2S2. The van der Waals surface area contributed by atoms with E-state index in [1.807, 2.05) is 12.3 Å². The number of methoxy groups -OCH3 is 1. The third kappa shape index (κ3) is 3.60. The van der Waals surface area contributed by atoms with Gasteiger partial charge in [0.25, 0.3) is 0 Å². The molecule has 0 saturated heterocycles. The average molecular weight is 321 g/mol. The number of anilines is 2. The highest BCUT2D eigenvalue weighted by atomic mass is 32.2. The van der Waals surface area contributed by atoms with Gasteiger partial charge >= 0.3 is 5.97 Å². The van der Waals surface area contributed by atoms with Crippen LogP contribution < -0.4 is 5.32 Å². The number of aryl methyl sites for hydroxylation is 2. The second-order valence-corrected chi connectivity index (χ2v) is 6.77. The van der Waals surface area contributed by atoms with Gasteiger partial charge in [-0.15, -0.1) is 23.1 Å². The first-order valence-electron chi connectivity index (χ1n) is 6.71. The Bertz CT molecular complexity index is 650. The number of carbonyl (C=O) groups is 1. The molecule has 5 heteroatoms. The second kappa shape index (κ2) is 7.00. The Labute approximate surface area is 133 Å². The molecule has 0 fully saturated rings. The molecule has 1 aromatic carbocycles. The van der Waals surface area contributed by atoms with Crippen LogP contribution in [0.4, 0.5) is 11.4 Å². The smallest absolute Gasteiger partial charge is 0.348 e. The van der Waals surface area contributed by atoms with Crippen LogP contribution in [-0.4, -0.2) is 19.3 Å². The first-order valence-corrected chi connectivity index (χ1v) is 8.75. The number of thioether (sulfide) groups is 1. The van der Waals surface area contributed by atoms with Crippen molar-refractivity contribution in [2.45, 2.75) is 24.5 Å². The summed E-state index contributed by atoms with van der Waals surface area (Å²) in [5.41, 5.74) is 4.58. The van der Waals surface area contributed by atoms with Crippen molar-refractivity contribution >= 4 is 40.4 Å². The maximum Gasteiger partial charge on any atom is 0.348 e. The van der Waals surface area contributed by atoms with E-state index in [1.54, 1.807) is 11.8 Å². The molecule has 1 heterocycles.